The second kappa shape index (κ2) is 7.42. The van der Waals surface area contributed by atoms with Crippen molar-refractivity contribution in [3.8, 4) is 0 Å². The lowest BCUT2D eigenvalue weighted by molar-refractivity contribution is -0.136. The molecule has 1 aromatic rings. The van der Waals surface area contributed by atoms with Gasteiger partial charge in [-0.15, -0.1) is 0 Å². The molecule has 1 unspecified atom stereocenters. The van der Waals surface area contributed by atoms with Gasteiger partial charge >= 0.3 is 0 Å². The second-order valence-corrected chi connectivity index (χ2v) is 7.43. The van der Waals surface area contributed by atoms with Gasteiger partial charge in [0.25, 0.3) is 11.8 Å². The summed E-state index contributed by atoms with van der Waals surface area (Å²) in [6, 6.07) is 4.45. The highest BCUT2D eigenvalue weighted by Crippen LogP contribution is 2.28. The number of imide groups is 2. The van der Waals surface area contributed by atoms with Gasteiger partial charge in [0.05, 0.1) is 17.7 Å². The Morgan fingerprint density at radius 3 is 2.64 bits per heavy atom. The molecule has 4 amide bonds. The van der Waals surface area contributed by atoms with Crippen LogP contribution in [0.3, 0.4) is 0 Å². The summed E-state index contributed by atoms with van der Waals surface area (Å²) in [6.07, 6.45) is 1.07. The van der Waals surface area contributed by atoms with Crippen molar-refractivity contribution in [2.45, 2.75) is 43.9 Å². The van der Waals surface area contributed by atoms with Crippen LogP contribution in [0.5, 0.6) is 0 Å². The minimum atomic E-state index is -0.952. The predicted molar refractivity (Wildman–Crippen MR) is 97.2 cm³/mol. The molecule has 0 spiro atoms. The van der Waals surface area contributed by atoms with Crippen LogP contribution in [-0.2, 0) is 16.1 Å². The van der Waals surface area contributed by atoms with Crippen molar-refractivity contribution in [1.29, 1.82) is 0 Å². The van der Waals surface area contributed by atoms with Crippen LogP contribution in [0.15, 0.2) is 18.2 Å². The van der Waals surface area contributed by atoms with E-state index in [-0.39, 0.29) is 42.7 Å². The molecule has 148 valence electrons. The van der Waals surface area contributed by atoms with E-state index in [1.807, 2.05) is 0 Å². The molecule has 1 aromatic carbocycles. The Labute approximate surface area is 161 Å². The smallest absolute Gasteiger partial charge is 0.262 e. The molecule has 0 saturated carbocycles. The zero-order valence-corrected chi connectivity index (χ0v) is 15.2. The highest BCUT2D eigenvalue weighted by atomic mass is 16.3. The lowest BCUT2D eigenvalue weighted by Gasteiger charge is -2.27. The Kier molecular flexibility index (Phi) is 4.96. The number of hydrogen-bond donors (Lipinski definition) is 4. The van der Waals surface area contributed by atoms with Crippen molar-refractivity contribution in [3.63, 3.8) is 0 Å². The standard InChI is InChI=1S/C19H22N4O5/c24-9-12-6-11(8-21-12)20-7-10-1-2-13-14(5-10)19(28)23(18(13)27)15-3-4-16(25)22-17(15)26/h1-2,5,11-12,15,20-21,24H,3-4,6-9H2,(H,22,25,26)/t11-,12-,15?/m1/s1. The molecule has 3 aliphatic rings. The Hall–Kier alpha value is -2.62. The SMILES string of the molecule is O=C1CCC(N2C(=O)c3ccc(CN[C@H]4CN[C@@H](CO)C4)cc3C2=O)C(=O)N1. The summed E-state index contributed by atoms with van der Waals surface area (Å²) in [4.78, 5) is 49.9. The number of fused-ring (bicyclic) bond motifs is 1. The molecule has 0 bridgehead atoms. The maximum atomic E-state index is 12.8. The van der Waals surface area contributed by atoms with E-state index in [1.165, 1.54) is 0 Å². The number of piperidine rings is 1. The molecule has 0 aliphatic carbocycles. The van der Waals surface area contributed by atoms with Crippen molar-refractivity contribution < 1.29 is 24.3 Å². The fourth-order valence-corrected chi connectivity index (χ4v) is 4.00. The fraction of sp³-hybridized carbons (Fsp3) is 0.474. The summed E-state index contributed by atoms with van der Waals surface area (Å²) >= 11 is 0. The Bertz CT molecular complexity index is 855. The van der Waals surface area contributed by atoms with Gasteiger partial charge in [-0.05, 0) is 30.5 Å². The molecule has 4 rings (SSSR count). The summed E-state index contributed by atoms with van der Waals surface area (Å²) in [5.74, 6) is -2.00. The van der Waals surface area contributed by atoms with Crippen LogP contribution >= 0.6 is 0 Å². The molecule has 0 radical (unpaired) electrons. The Balaban J connectivity index is 1.46. The van der Waals surface area contributed by atoms with Crippen molar-refractivity contribution in [3.05, 3.63) is 34.9 Å². The van der Waals surface area contributed by atoms with Crippen molar-refractivity contribution in [1.82, 2.24) is 20.9 Å². The van der Waals surface area contributed by atoms with Gasteiger partial charge < -0.3 is 15.7 Å². The minimum Gasteiger partial charge on any atom is -0.395 e. The topological polar surface area (TPSA) is 128 Å². The van der Waals surface area contributed by atoms with Crippen LogP contribution in [0.2, 0.25) is 0 Å². The molecule has 3 atom stereocenters. The van der Waals surface area contributed by atoms with Gasteiger partial charge in [0, 0.05) is 31.6 Å². The van der Waals surface area contributed by atoms with Crippen LogP contribution in [0, 0.1) is 0 Å². The number of aliphatic hydroxyl groups is 1. The third kappa shape index (κ3) is 3.32. The maximum Gasteiger partial charge on any atom is 0.262 e. The third-order valence-electron chi connectivity index (χ3n) is 5.54. The molecule has 4 N–H and O–H groups in total. The van der Waals surface area contributed by atoms with Crippen LogP contribution in [0.25, 0.3) is 0 Å². The first-order valence-electron chi connectivity index (χ1n) is 9.40. The van der Waals surface area contributed by atoms with Gasteiger partial charge in [0.1, 0.15) is 6.04 Å². The van der Waals surface area contributed by atoms with E-state index >= 15 is 0 Å². The number of carbonyl (C=O) groups excluding carboxylic acids is 4. The summed E-state index contributed by atoms with van der Waals surface area (Å²) in [7, 11) is 0. The lowest BCUT2D eigenvalue weighted by atomic mass is 10.0. The molecular formula is C19H22N4O5. The van der Waals surface area contributed by atoms with Crippen LogP contribution < -0.4 is 16.0 Å². The Morgan fingerprint density at radius 1 is 1.14 bits per heavy atom. The van der Waals surface area contributed by atoms with Crippen LogP contribution in [0.4, 0.5) is 0 Å². The molecule has 0 aromatic heterocycles. The van der Waals surface area contributed by atoms with E-state index in [4.69, 9.17) is 0 Å². The monoisotopic (exact) mass is 386 g/mol. The minimum absolute atomic E-state index is 0.0961. The molecule has 2 fully saturated rings. The molecule has 3 heterocycles. The van der Waals surface area contributed by atoms with Crippen molar-refractivity contribution in [2.75, 3.05) is 13.2 Å². The largest absolute Gasteiger partial charge is 0.395 e. The number of benzene rings is 1. The molecule has 3 aliphatic heterocycles. The number of hydrogen-bond acceptors (Lipinski definition) is 7. The Morgan fingerprint density at radius 2 is 1.93 bits per heavy atom. The lowest BCUT2D eigenvalue weighted by Crippen LogP contribution is -2.54. The van der Waals surface area contributed by atoms with E-state index < -0.39 is 29.7 Å². The van der Waals surface area contributed by atoms with E-state index in [0.717, 1.165) is 23.4 Å². The zero-order valence-electron chi connectivity index (χ0n) is 15.2. The highest BCUT2D eigenvalue weighted by Gasteiger charge is 2.44. The maximum absolute atomic E-state index is 12.8. The van der Waals surface area contributed by atoms with Gasteiger partial charge in [-0.3, -0.25) is 29.4 Å². The quantitative estimate of drug-likeness (QED) is 0.473. The summed E-state index contributed by atoms with van der Waals surface area (Å²) < 4.78 is 0. The van der Waals surface area contributed by atoms with Crippen LogP contribution in [-0.4, -0.2) is 64.9 Å². The van der Waals surface area contributed by atoms with Gasteiger partial charge in [-0.2, -0.15) is 0 Å². The normalized spacial score (nSPS) is 27.3. The number of nitrogens with one attached hydrogen (secondary N) is 3. The van der Waals surface area contributed by atoms with E-state index in [9.17, 15) is 24.3 Å². The second-order valence-electron chi connectivity index (χ2n) is 7.43. The van der Waals surface area contributed by atoms with Gasteiger partial charge in [0.15, 0.2) is 0 Å². The summed E-state index contributed by atoms with van der Waals surface area (Å²) in [5.41, 5.74) is 1.42. The number of rotatable bonds is 5. The van der Waals surface area contributed by atoms with E-state index in [0.29, 0.717) is 6.54 Å². The first-order valence-corrected chi connectivity index (χ1v) is 9.40. The first kappa shape index (κ1) is 18.7. The average Bonchev–Trinajstić information content (AvgIpc) is 3.24. The predicted octanol–water partition coefficient (Wildman–Crippen LogP) is -1.10. The van der Waals surface area contributed by atoms with Crippen LogP contribution in [0.1, 0.15) is 45.5 Å². The number of nitrogens with zero attached hydrogens (tertiary/aromatic N) is 1. The highest BCUT2D eigenvalue weighted by molar-refractivity contribution is 6.23. The van der Waals surface area contributed by atoms with E-state index in [1.54, 1.807) is 18.2 Å². The molecular weight excluding hydrogens is 364 g/mol. The molecule has 2 saturated heterocycles. The average molecular weight is 386 g/mol. The van der Waals surface area contributed by atoms with Gasteiger partial charge in [-0.1, -0.05) is 6.07 Å². The number of aliphatic hydroxyl groups excluding tert-OH is 1. The zero-order chi connectivity index (χ0) is 19.8. The van der Waals surface area contributed by atoms with Crippen molar-refractivity contribution in [2.24, 2.45) is 0 Å². The summed E-state index contributed by atoms with van der Waals surface area (Å²) in [5, 5.41) is 18.0. The molecule has 9 heteroatoms. The number of amides is 4. The number of carbonyl (C=O) groups is 4. The van der Waals surface area contributed by atoms with Gasteiger partial charge in [0.2, 0.25) is 11.8 Å². The first-order chi connectivity index (χ1) is 13.5. The molecule has 9 nitrogen and oxygen atoms in total. The third-order valence-corrected chi connectivity index (χ3v) is 5.54. The fourth-order valence-electron chi connectivity index (χ4n) is 4.00. The van der Waals surface area contributed by atoms with E-state index in [2.05, 4.69) is 16.0 Å². The van der Waals surface area contributed by atoms with Gasteiger partial charge in [-0.25, -0.2) is 0 Å². The molecule has 28 heavy (non-hydrogen) atoms. The van der Waals surface area contributed by atoms with Crippen molar-refractivity contribution >= 4 is 23.6 Å². The summed E-state index contributed by atoms with van der Waals surface area (Å²) in [6.45, 7) is 1.39.